The van der Waals surface area contributed by atoms with Crippen LogP contribution in [0.25, 0.3) is 0 Å². The van der Waals surface area contributed by atoms with Gasteiger partial charge in [0, 0.05) is 18.7 Å². The van der Waals surface area contributed by atoms with Gasteiger partial charge in [-0.25, -0.2) is 4.39 Å². The molecule has 1 aromatic carbocycles. The summed E-state index contributed by atoms with van der Waals surface area (Å²) < 4.78 is 18.8. The third-order valence-electron chi connectivity index (χ3n) is 3.14. The number of hydrogen-bond donors (Lipinski definition) is 1. The zero-order chi connectivity index (χ0) is 14.1. The second-order valence-electron chi connectivity index (χ2n) is 4.79. The number of benzene rings is 1. The summed E-state index contributed by atoms with van der Waals surface area (Å²) in [6.45, 7) is 4.58. The Balaban J connectivity index is 2.51. The van der Waals surface area contributed by atoms with E-state index in [1.807, 2.05) is 0 Å². The van der Waals surface area contributed by atoms with Gasteiger partial charge < -0.3 is 10.1 Å². The summed E-state index contributed by atoms with van der Waals surface area (Å²) in [5.74, 6) is 0.239. The first-order valence-electron chi connectivity index (χ1n) is 6.81. The first-order chi connectivity index (χ1) is 9.17. The number of rotatable bonds is 9. The SMILES string of the molecule is CCCC(CNCCOC)Cc1ccc(Cl)cc1F. The molecule has 0 radical (unpaired) electrons. The first-order valence-corrected chi connectivity index (χ1v) is 7.18. The van der Waals surface area contributed by atoms with Crippen LogP contribution in [-0.2, 0) is 11.2 Å². The van der Waals surface area contributed by atoms with Gasteiger partial charge in [-0.2, -0.15) is 0 Å². The number of halogens is 2. The minimum Gasteiger partial charge on any atom is -0.383 e. The van der Waals surface area contributed by atoms with Crippen LogP contribution in [0.4, 0.5) is 4.39 Å². The number of hydrogen-bond acceptors (Lipinski definition) is 2. The van der Waals surface area contributed by atoms with Gasteiger partial charge in [0.1, 0.15) is 5.82 Å². The molecule has 0 heterocycles. The molecular weight excluding hydrogens is 265 g/mol. The van der Waals surface area contributed by atoms with Crippen molar-refractivity contribution in [2.75, 3.05) is 26.8 Å². The van der Waals surface area contributed by atoms with E-state index in [0.717, 1.165) is 37.9 Å². The zero-order valence-corrected chi connectivity index (χ0v) is 12.5. The predicted molar refractivity (Wildman–Crippen MR) is 78.3 cm³/mol. The Morgan fingerprint density at radius 3 is 2.84 bits per heavy atom. The van der Waals surface area contributed by atoms with Crippen LogP contribution in [0.15, 0.2) is 18.2 Å². The Hall–Kier alpha value is -0.640. The van der Waals surface area contributed by atoms with Crippen LogP contribution in [0.3, 0.4) is 0 Å². The van der Waals surface area contributed by atoms with Crippen LogP contribution in [0, 0.1) is 11.7 Å². The van der Waals surface area contributed by atoms with Gasteiger partial charge in [-0.1, -0.05) is 31.0 Å². The summed E-state index contributed by atoms with van der Waals surface area (Å²) in [4.78, 5) is 0. The molecule has 1 aromatic rings. The number of nitrogens with one attached hydrogen (secondary N) is 1. The lowest BCUT2D eigenvalue weighted by atomic mass is 9.94. The second kappa shape index (κ2) is 9.29. The van der Waals surface area contributed by atoms with Crippen molar-refractivity contribution in [2.45, 2.75) is 26.2 Å². The highest BCUT2D eigenvalue weighted by Crippen LogP contribution is 2.19. The van der Waals surface area contributed by atoms with Crippen molar-refractivity contribution in [2.24, 2.45) is 5.92 Å². The fourth-order valence-corrected chi connectivity index (χ4v) is 2.32. The molecule has 1 unspecified atom stereocenters. The number of methoxy groups -OCH3 is 1. The molecule has 0 aliphatic heterocycles. The van der Waals surface area contributed by atoms with Crippen molar-refractivity contribution in [3.8, 4) is 0 Å². The standard InChI is InChI=1S/C15H23ClFNO/c1-3-4-12(11-18-7-8-19-2)9-13-5-6-14(16)10-15(13)17/h5-6,10,12,18H,3-4,7-9,11H2,1-2H3. The smallest absolute Gasteiger partial charge is 0.127 e. The summed E-state index contributed by atoms with van der Waals surface area (Å²) in [6.07, 6.45) is 2.94. The second-order valence-corrected chi connectivity index (χ2v) is 5.23. The van der Waals surface area contributed by atoms with Gasteiger partial charge in [-0.05, 0) is 43.0 Å². The Kier molecular flexibility index (Phi) is 8.03. The average molecular weight is 288 g/mol. The largest absolute Gasteiger partial charge is 0.383 e. The molecule has 0 spiro atoms. The van der Waals surface area contributed by atoms with Crippen molar-refractivity contribution in [3.05, 3.63) is 34.6 Å². The molecule has 108 valence electrons. The van der Waals surface area contributed by atoms with E-state index >= 15 is 0 Å². The molecule has 1 atom stereocenters. The van der Waals surface area contributed by atoms with Crippen LogP contribution >= 0.6 is 11.6 Å². The molecule has 0 saturated carbocycles. The highest BCUT2D eigenvalue weighted by Gasteiger charge is 2.12. The molecule has 0 aromatic heterocycles. The third kappa shape index (κ3) is 6.37. The minimum atomic E-state index is -0.203. The Morgan fingerprint density at radius 1 is 1.42 bits per heavy atom. The predicted octanol–water partition coefficient (Wildman–Crippen LogP) is 3.67. The molecule has 0 aliphatic rings. The van der Waals surface area contributed by atoms with E-state index in [-0.39, 0.29) is 5.82 Å². The molecule has 2 nitrogen and oxygen atoms in total. The van der Waals surface area contributed by atoms with Crippen molar-refractivity contribution in [3.63, 3.8) is 0 Å². The Morgan fingerprint density at radius 2 is 2.21 bits per heavy atom. The van der Waals surface area contributed by atoms with E-state index < -0.39 is 0 Å². The van der Waals surface area contributed by atoms with E-state index in [1.54, 1.807) is 19.2 Å². The first kappa shape index (κ1) is 16.4. The van der Waals surface area contributed by atoms with Gasteiger partial charge in [0.05, 0.1) is 6.61 Å². The van der Waals surface area contributed by atoms with Gasteiger partial charge in [0.25, 0.3) is 0 Å². The third-order valence-corrected chi connectivity index (χ3v) is 3.37. The van der Waals surface area contributed by atoms with Crippen LogP contribution in [0.5, 0.6) is 0 Å². The molecule has 0 amide bonds. The average Bonchev–Trinajstić information content (AvgIpc) is 2.38. The van der Waals surface area contributed by atoms with Crippen LogP contribution < -0.4 is 5.32 Å². The van der Waals surface area contributed by atoms with Gasteiger partial charge in [-0.15, -0.1) is 0 Å². The van der Waals surface area contributed by atoms with Crippen LogP contribution in [0.1, 0.15) is 25.3 Å². The van der Waals surface area contributed by atoms with E-state index in [1.165, 1.54) is 6.07 Å². The summed E-state index contributed by atoms with van der Waals surface area (Å²) in [6, 6.07) is 4.93. The Labute approximate surface area is 120 Å². The molecule has 0 aliphatic carbocycles. The lowest BCUT2D eigenvalue weighted by molar-refractivity contribution is 0.197. The molecule has 0 saturated heterocycles. The summed E-state index contributed by atoms with van der Waals surface area (Å²) in [5.41, 5.74) is 0.747. The fraction of sp³-hybridized carbons (Fsp3) is 0.600. The van der Waals surface area contributed by atoms with Gasteiger partial charge in [0.2, 0.25) is 0 Å². The van der Waals surface area contributed by atoms with Crippen molar-refractivity contribution < 1.29 is 9.13 Å². The van der Waals surface area contributed by atoms with Crippen LogP contribution in [-0.4, -0.2) is 26.8 Å². The van der Waals surface area contributed by atoms with E-state index in [0.29, 0.717) is 17.5 Å². The molecule has 0 bridgehead atoms. The van der Waals surface area contributed by atoms with Crippen LogP contribution in [0.2, 0.25) is 5.02 Å². The molecule has 1 N–H and O–H groups in total. The maximum absolute atomic E-state index is 13.8. The Bertz CT molecular complexity index is 373. The summed E-state index contributed by atoms with van der Waals surface area (Å²) in [7, 11) is 1.69. The van der Waals surface area contributed by atoms with Gasteiger partial charge in [-0.3, -0.25) is 0 Å². The van der Waals surface area contributed by atoms with E-state index in [9.17, 15) is 4.39 Å². The zero-order valence-electron chi connectivity index (χ0n) is 11.7. The van der Waals surface area contributed by atoms with E-state index in [2.05, 4.69) is 12.2 Å². The maximum Gasteiger partial charge on any atom is 0.127 e. The lowest BCUT2D eigenvalue weighted by Gasteiger charge is -2.17. The number of ether oxygens (including phenoxy) is 1. The monoisotopic (exact) mass is 287 g/mol. The molecule has 4 heteroatoms. The summed E-state index contributed by atoms with van der Waals surface area (Å²) in [5, 5.41) is 3.80. The normalized spacial score (nSPS) is 12.6. The topological polar surface area (TPSA) is 21.3 Å². The highest BCUT2D eigenvalue weighted by molar-refractivity contribution is 6.30. The quantitative estimate of drug-likeness (QED) is 0.700. The van der Waals surface area contributed by atoms with Gasteiger partial charge in [0.15, 0.2) is 0 Å². The fourth-order valence-electron chi connectivity index (χ4n) is 2.16. The lowest BCUT2D eigenvalue weighted by Crippen LogP contribution is -2.27. The van der Waals surface area contributed by atoms with Crippen molar-refractivity contribution >= 4 is 11.6 Å². The van der Waals surface area contributed by atoms with Gasteiger partial charge >= 0.3 is 0 Å². The molecule has 1 rings (SSSR count). The minimum absolute atomic E-state index is 0.203. The molecule has 0 fully saturated rings. The molecular formula is C15H23ClFNO. The summed E-state index contributed by atoms with van der Waals surface area (Å²) >= 11 is 5.77. The van der Waals surface area contributed by atoms with E-state index in [4.69, 9.17) is 16.3 Å². The van der Waals surface area contributed by atoms with Crippen molar-refractivity contribution in [1.82, 2.24) is 5.32 Å². The highest BCUT2D eigenvalue weighted by atomic mass is 35.5. The maximum atomic E-state index is 13.8. The van der Waals surface area contributed by atoms with Crippen molar-refractivity contribution in [1.29, 1.82) is 0 Å². The molecule has 19 heavy (non-hydrogen) atoms.